The zero-order valence-corrected chi connectivity index (χ0v) is 19.9. The molecule has 1 aliphatic rings. The fourth-order valence-corrected chi connectivity index (χ4v) is 5.51. The third-order valence-corrected chi connectivity index (χ3v) is 7.43. The Bertz CT molecular complexity index is 1320. The summed E-state index contributed by atoms with van der Waals surface area (Å²) in [6, 6.07) is 19.7. The summed E-state index contributed by atoms with van der Waals surface area (Å²) in [6.45, 7) is 6.50. The maximum absolute atomic E-state index is 13.3. The van der Waals surface area contributed by atoms with Gasteiger partial charge in [-0.25, -0.2) is 0 Å². The van der Waals surface area contributed by atoms with Crippen LogP contribution in [0.5, 0.6) is 0 Å². The van der Waals surface area contributed by atoms with Crippen molar-refractivity contribution in [1.29, 1.82) is 0 Å². The molecule has 34 heavy (non-hydrogen) atoms. The maximum atomic E-state index is 13.3. The van der Waals surface area contributed by atoms with E-state index < -0.39 is 5.91 Å². The first-order chi connectivity index (χ1) is 16.5. The minimum absolute atomic E-state index is 0.0947. The second kappa shape index (κ2) is 9.40. The summed E-state index contributed by atoms with van der Waals surface area (Å²) >= 11 is 1.53. The number of hydrogen-bond acceptors (Lipinski definition) is 5. The highest BCUT2D eigenvalue weighted by Crippen LogP contribution is 2.30. The van der Waals surface area contributed by atoms with Gasteiger partial charge in [-0.2, -0.15) is 5.10 Å². The molecule has 0 unspecified atom stereocenters. The number of piperazine rings is 1. The number of primary amides is 1. The van der Waals surface area contributed by atoms with E-state index in [-0.39, 0.29) is 5.91 Å². The first-order valence-electron chi connectivity index (χ1n) is 11.4. The molecule has 7 nitrogen and oxygen atoms in total. The highest BCUT2D eigenvalue weighted by Gasteiger charge is 2.25. The Morgan fingerprint density at radius 2 is 1.62 bits per heavy atom. The van der Waals surface area contributed by atoms with Crippen molar-refractivity contribution in [3.63, 3.8) is 0 Å². The molecule has 2 amide bonds. The Kier molecular flexibility index (Phi) is 6.17. The predicted octanol–water partition coefficient (Wildman–Crippen LogP) is 3.51. The molecule has 174 valence electrons. The molecule has 0 radical (unpaired) electrons. The summed E-state index contributed by atoms with van der Waals surface area (Å²) in [5.74, 6) is -0.319. The first-order valence-corrected chi connectivity index (χ1v) is 12.2. The molecule has 1 aliphatic heterocycles. The van der Waals surface area contributed by atoms with E-state index in [1.807, 2.05) is 52.9 Å². The Morgan fingerprint density at radius 3 is 2.29 bits per heavy atom. The third kappa shape index (κ3) is 4.60. The van der Waals surface area contributed by atoms with Crippen LogP contribution in [-0.2, 0) is 13.1 Å². The van der Waals surface area contributed by atoms with Gasteiger partial charge in [0.1, 0.15) is 4.83 Å². The number of aromatic nitrogens is 2. The molecule has 0 atom stereocenters. The number of rotatable bonds is 6. The van der Waals surface area contributed by atoms with E-state index in [0.29, 0.717) is 25.2 Å². The van der Waals surface area contributed by atoms with Gasteiger partial charge in [-0.05, 0) is 36.2 Å². The van der Waals surface area contributed by atoms with Gasteiger partial charge in [0.15, 0.2) is 0 Å². The van der Waals surface area contributed by atoms with Crippen molar-refractivity contribution in [1.82, 2.24) is 19.6 Å². The second-order valence-electron chi connectivity index (χ2n) is 8.69. The number of nitrogens with zero attached hydrogens (tertiary/aromatic N) is 4. The summed E-state index contributed by atoms with van der Waals surface area (Å²) < 4.78 is 2.00. The summed E-state index contributed by atoms with van der Waals surface area (Å²) in [5.41, 5.74) is 9.11. The predicted molar refractivity (Wildman–Crippen MR) is 134 cm³/mol. The number of carbonyl (C=O) groups is 2. The molecule has 0 spiro atoms. The minimum atomic E-state index is -0.414. The molecule has 0 saturated carbocycles. The van der Waals surface area contributed by atoms with Gasteiger partial charge < -0.3 is 10.6 Å². The number of nitrogens with two attached hydrogens (primary N) is 1. The normalized spacial score (nSPS) is 14.6. The fourth-order valence-electron chi connectivity index (χ4n) is 4.38. The van der Waals surface area contributed by atoms with Gasteiger partial charge in [0, 0.05) is 43.7 Å². The number of aryl methyl sites for hydroxylation is 1. The molecule has 2 aromatic heterocycles. The van der Waals surface area contributed by atoms with Gasteiger partial charge in [-0.3, -0.25) is 19.2 Å². The lowest BCUT2D eigenvalue weighted by molar-refractivity contribution is 0.0633. The Hall–Kier alpha value is -3.49. The van der Waals surface area contributed by atoms with Crippen LogP contribution in [0.25, 0.3) is 10.2 Å². The van der Waals surface area contributed by atoms with E-state index in [0.717, 1.165) is 46.0 Å². The SMILES string of the molecule is Cc1nn(Cc2ccccc2)c2sc(C(=O)N3CCN(Cc4ccc(C(N)=O)cc4)CC3)cc12. The van der Waals surface area contributed by atoms with Crippen LogP contribution in [0.15, 0.2) is 60.7 Å². The fraction of sp³-hybridized carbons (Fsp3) is 0.269. The van der Waals surface area contributed by atoms with Crippen molar-refractivity contribution in [2.45, 2.75) is 20.0 Å². The smallest absolute Gasteiger partial charge is 0.264 e. The van der Waals surface area contributed by atoms with Crippen LogP contribution in [0.4, 0.5) is 0 Å². The molecule has 5 rings (SSSR count). The molecule has 1 saturated heterocycles. The largest absolute Gasteiger partial charge is 0.366 e. The summed E-state index contributed by atoms with van der Waals surface area (Å²) in [4.78, 5) is 30.6. The average Bonchev–Trinajstić information content (AvgIpc) is 3.41. The summed E-state index contributed by atoms with van der Waals surface area (Å²) in [7, 11) is 0. The van der Waals surface area contributed by atoms with Crippen molar-refractivity contribution in [2.75, 3.05) is 26.2 Å². The van der Waals surface area contributed by atoms with Crippen LogP contribution < -0.4 is 5.73 Å². The van der Waals surface area contributed by atoms with E-state index in [2.05, 4.69) is 17.0 Å². The average molecular weight is 474 g/mol. The van der Waals surface area contributed by atoms with Gasteiger partial charge in [0.25, 0.3) is 5.91 Å². The number of hydrogen-bond donors (Lipinski definition) is 1. The van der Waals surface area contributed by atoms with Gasteiger partial charge in [0.05, 0.1) is 17.1 Å². The van der Waals surface area contributed by atoms with E-state index >= 15 is 0 Å². The molecular weight excluding hydrogens is 446 g/mol. The number of amides is 2. The molecule has 0 aliphatic carbocycles. The molecule has 2 N–H and O–H groups in total. The number of benzene rings is 2. The lowest BCUT2D eigenvalue weighted by Gasteiger charge is -2.34. The topological polar surface area (TPSA) is 84.5 Å². The number of thiophene rings is 1. The highest BCUT2D eigenvalue weighted by molar-refractivity contribution is 7.20. The van der Waals surface area contributed by atoms with E-state index in [9.17, 15) is 9.59 Å². The molecule has 3 heterocycles. The van der Waals surface area contributed by atoms with Crippen molar-refractivity contribution >= 4 is 33.4 Å². The van der Waals surface area contributed by atoms with E-state index in [1.165, 1.54) is 16.9 Å². The Balaban J connectivity index is 1.23. The lowest BCUT2D eigenvalue weighted by Crippen LogP contribution is -2.48. The number of fused-ring (bicyclic) bond motifs is 1. The summed E-state index contributed by atoms with van der Waals surface area (Å²) in [5, 5.41) is 5.75. The Labute approximate surface area is 202 Å². The van der Waals surface area contributed by atoms with Gasteiger partial charge >= 0.3 is 0 Å². The summed E-state index contributed by atoms with van der Waals surface area (Å²) in [6.07, 6.45) is 0. The third-order valence-electron chi connectivity index (χ3n) is 6.30. The van der Waals surface area contributed by atoms with Crippen molar-refractivity contribution in [2.24, 2.45) is 5.73 Å². The molecule has 0 bridgehead atoms. The van der Waals surface area contributed by atoms with Crippen molar-refractivity contribution in [3.8, 4) is 0 Å². The quantitative estimate of drug-likeness (QED) is 0.464. The van der Waals surface area contributed by atoms with Crippen LogP contribution >= 0.6 is 11.3 Å². The van der Waals surface area contributed by atoms with Gasteiger partial charge in [0.2, 0.25) is 5.91 Å². The van der Waals surface area contributed by atoms with Crippen LogP contribution in [0, 0.1) is 6.92 Å². The minimum Gasteiger partial charge on any atom is -0.366 e. The van der Waals surface area contributed by atoms with Crippen LogP contribution in [-0.4, -0.2) is 57.6 Å². The standard InChI is InChI=1S/C26H27N5O2S/c1-18-22-15-23(34-26(22)31(28-18)17-19-5-3-2-4-6-19)25(33)30-13-11-29(12-14-30)16-20-7-9-21(10-8-20)24(27)32/h2-10,15H,11-14,16-17H2,1H3,(H2,27,32). The Morgan fingerprint density at radius 1 is 0.941 bits per heavy atom. The van der Waals surface area contributed by atoms with Crippen LogP contribution in [0.3, 0.4) is 0 Å². The van der Waals surface area contributed by atoms with Crippen molar-refractivity contribution < 1.29 is 9.59 Å². The van der Waals surface area contributed by atoms with Crippen molar-refractivity contribution in [3.05, 3.63) is 87.9 Å². The van der Waals surface area contributed by atoms with Crippen LogP contribution in [0.1, 0.15) is 36.9 Å². The van der Waals surface area contributed by atoms with E-state index in [1.54, 1.807) is 12.1 Å². The molecule has 4 aromatic rings. The monoisotopic (exact) mass is 473 g/mol. The van der Waals surface area contributed by atoms with Crippen LogP contribution in [0.2, 0.25) is 0 Å². The molecule has 1 fully saturated rings. The molecule has 8 heteroatoms. The lowest BCUT2D eigenvalue weighted by atomic mass is 10.1. The molecule has 2 aromatic carbocycles. The number of carbonyl (C=O) groups excluding carboxylic acids is 2. The zero-order chi connectivity index (χ0) is 23.7. The van der Waals surface area contributed by atoms with Gasteiger partial charge in [-0.1, -0.05) is 42.5 Å². The maximum Gasteiger partial charge on any atom is 0.264 e. The van der Waals surface area contributed by atoms with Gasteiger partial charge in [-0.15, -0.1) is 11.3 Å². The highest BCUT2D eigenvalue weighted by atomic mass is 32.1. The second-order valence-corrected chi connectivity index (χ2v) is 9.72. The molecular formula is C26H27N5O2S. The van der Waals surface area contributed by atoms with E-state index in [4.69, 9.17) is 10.8 Å². The first kappa shape index (κ1) is 22.3. The zero-order valence-electron chi connectivity index (χ0n) is 19.1.